The van der Waals surface area contributed by atoms with Crippen molar-refractivity contribution in [2.24, 2.45) is 5.10 Å². The van der Waals surface area contributed by atoms with Gasteiger partial charge in [-0.05, 0) is 42.9 Å². The fourth-order valence-electron chi connectivity index (χ4n) is 2.33. The highest BCUT2D eigenvalue weighted by Gasteiger charge is 2.08. The van der Waals surface area contributed by atoms with Crippen LogP contribution in [0.1, 0.15) is 24.7 Å². The molecule has 2 aromatic heterocycles. The lowest BCUT2D eigenvalue weighted by Crippen LogP contribution is -1.98. The van der Waals surface area contributed by atoms with Crippen molar-refractivity contribution in [3.05, 3.63) is 46.6 Å². The van der Waals surface area contributed by atoms with Crippen molar-refractivity contribution < 1.29 is 4.74 Å². The fraction of sp³-hybridized carbons (Fsp3) is 0.250. The summed E-state index contributed by atoms with van der Waals surface area (Å²) in [7, 11) is 1.64. The zero-order chi connectivity index (χ0) is 16.9. The number of benzene rings is 1. The first-order valence-electron chi connectivity index (χ1n) is 7.61. The van der Waals surface area contributed by atoms with E-state index in [0.717, 1.165) is 41.2 Å². The molecule has 0 saturated carbocycles. The second-order valence-corrected chi connectivity index (χ2v) is 5.57. The summed E-state index contributed by atoms with van der Waals surface area (Å²) in [5, 5.41) is 18.6. The van der Waals surface area contributed by atoms with Crippen molar-refractivity contribution in [1.82, 2.24) is 25.1 Å². The molecule has 7 nitrogen and oxygen atoms in total. The van der Waals surface area contributed by atoms with E-state index in [1.807, 2.05) is 24.3 Å². The Kier molecular flexibility index (Phi) is 4.85. The maximum absolute atomic E-state index is 5.23. The first-order chi connectivity index (χ1) is 11.7. The lowest BCUT2D eigenvalue weighted by Gasteiger charge is -2.03. The number of hydrogen-bond acceptors (Lipinski definition) is 5. The summed E-state index contributed by atoms with van der Waals surface area (Å²) < 4.78 is 7.30. The minimum atomic E-state index is 0.476. The van der Waals surface area contributed by atoms with Crippen molar-refractivity contribution in [2.45, 2.75) is 19.8 Å². The van der Waals surface area contributed by atoms with E-state index in [2.05, 4.69) is 32.4 Å². The van der Waals surface area contributed by atoms with Crippen LogP contribution < -0.4 is 4.74 Å². The molecule has 0 amide bonds. The molecular formula is C16H18N6OS. The minimum absolute atomic E-state index is 0.476. The zero-order valence-electron chi connectivity index (χ0n) is 13.5. The molecule has 0 fully saturated rings. The number of rotatable bonds is 6. The van der Waals surface area contributed by atoms with E-state index in [1.54, 1.807) is 24.2 Å². The van der Waals surface area contributed by atoms with Gasteiger partial charge in [0.2, 0.25) is 4.77 Å². The third kappa shape index (κ3) is 3.28. The summed E-state index contributed by atoms with van der Waals surface area (Å²) >= 11 is 5.23. The molecule has 3 aromatic rings. The Balaban J connectivity index is 1.90. The first kappa shape index (κ1) is 16.1. The Morgan fingerprint density at radius 1 is 1.29 bits per heavy atom. The molecule has 0 aliphatic rings. The molecule has 3 rings (SSSR count). The Morgan fingerprint density at radius 2 is 2.08 bits per heavy atom. The SMILES string of the molecule is CCCc1n[nH]c(=S)n1/N=C/c1cn[nH]c1-c1ccc(OC)cc1. The monoisotopic (exact) mass is 342 g/mol. The average molecular weight is 342 g/mol. The van der Waals surface area contributed by atoms with Gasteiger partial charge in [-0.15, -0.1) is 0 Å². The number of methoxy groups -OCH3 is 1. The highest BCUT2D eigenvalue weighted by atomic mass is 32.1. The largest absolute Gasteiger partial charge is 0.497 e. The lowest BCUT2D eigenvalue weighted by atomic mass is 10.1. The normalized spacial score (nSPS) is 11.2. The summed E-state index contributed by atoms with van der Waals surface area (Å²) in [5.74, 6) is 1.62. The van der Waals surface area contributed by atoms with E-state index in [4.69, 9.17) is 17.0 Å². The molecule has 2 heterocycles. The van der Waals surface area contributed by atoms with Crippen LogP contribution in [0, 0.1) is 4.77 Å². The van der Waals surface area contributed by atoms with E-state index in [9.17, 15) is 0 Å². The van der Waals surface area contributed by atoms with Crippen LogP contribution in [0.15, 0.2) is 35.6 Å². The van der Waals surface area contributed by atoms with Gasteiger partial charge in [-0.3, -0.25) is 10.2 Å². The van der Waals surface area contributed by atoms with Crippen molar-refractivity contribution in [3.63, 3.8) is 0 Å². The summed E-state index contributed by atoms with van der Waals surface area (Å²) in [6.07, 6.45) is 5.24. The number of aryl methyl sites for hydroxylation is 1. The van der Waals surface area contributed by atoms with Gasteiger partial charge >= 0.3 is 0 Å². The smallest absolute Gasteiger partial charge is 0.216 e. The maximum Gasteiger partial charge on any atom is 0.216 e. The van der Waals surface area contributed by atoms with E-state index in [0.29, 0.717) is 4.77 Å². The highest BCUT2D eigenvalue weighted by Crippen LogP contribution is 2.22. The van der Waals surface area contributed by atoms with Gasteiger partial charge in [0.25, 0.3) is 0 Å². The molecule has 1 aromatic carbocycles. The van der Waals surface area contributed by atoms with Crippen LogP contribution >= 0.6 is 12.2 Å². The van der Waals surface area contributed by atoms with Crippen LogP contribution in [0.5, 0.6) is 5.75 Å². The molecular weight excluding hydrogens is 324 g/mol. The zero-order valence-corrected chi connectivity index (χ0v) is 14.3. The Labute approximate surface area is 144 Å². The molecule has 24 heavy (non-hydrogen) atoms. The third-order valence-electron chi connectivity index (χ3n) is 3.55. The molecule has 8 heteroatoms. The number of aromatic nitrogens is 5. The molecule has 0 unspecified atom stereocenters. The Hall–Kier alpha value is -2.74. The summed E-state index contributed by atoms with van der Waals surface area (Å²) in [6.45, 7) is 2.09. The molecule has 0 radical (unpaired) electrons. The number of nitrogens with one attached hydrogen (secondary N) is 2. The number of ether oxygens (including phenoxy) is 1. The minimum Gasteiger partial charge on any atom is -0.497 e. The second-order valence-electron chi connectivity index (χ2n) is 5.18. The van der Waals surface area contributed by atoms with Gasteiger partial charge in [0.05, 0.1) is 25.2 Å². The molecule has 0 saturated heterocycles. The third-order valence-corrected chi connectivity index (χ3v) is 3.81. The Bertz CT molecular complexity index is 890. The predicted molar refractivity (Wildman–Crippen MR) is 95.0 cm³/mol. The van der Waals surface area contributed by atoms with E-state index < -0.39 is 0 Å². The molecule has 0 bridgehead atoms. The van der Waals surface area contributed by atoms with Crippen molar-refractivity contribution in [1.29, 1.82) is 0 Å². The molecule has 0 aliphatic carbocycles. The van der Waals surface area contributed by atoms with Crippen LogP contribution in [0.25, 0.3) is 11.3 Å². The van der Waals surface area contributed by atoms with Gasteiger partial charge in [-0.25, -0.2) is 0 Å². The van der Waals surface area contributed by atoms with Gasteiger partial charge in [-0.1, -0.05) is 6.92 Å². The number of hydrogen-bond donors (Lipinski definition) is 2. The van der Waals surface area contributed by atoms with Crippen molar-refractivity contribution in [3.8, 4) is 17.0 Å². The standard InChI is InChI=1S/C16H18N6OS/c1-3-4-14-19-21-16(24)22(14)18-10-12-9-17-20-15(12)11-5-7-13(23-2)8-6-11/h5-10H,3-4H2,1-2H3,(H,17,20)(H,21,24)/b18-10+. The summed E-state index contributed by atoms with van der Waals surface area (Å²) in [6, 6.07) is 7.75. The molecule has 0 atom stereocenters. The van der Waals surface area contributed by atoms with Crippen LogP contribution in [0.3, 0.4) is 0 Å². The number of aromatic amines is 2. The summed E-state index contributed by atoms with van der Waals surface area (Å²) in [4.78, 5) is 0. The second kappa shape index (κ2) is 7.22. The van der Waals surface area contributed by atoms with Crippen molar-refractivity contribution >= 4 is 18.4 Å². The highest BCUT2D eigenvalue weighted by molar-refractivity contribution is 7.71. The lowest BCUT2D eigenvalue weighted by molar-refractivity contribution is 0.415. The fourth-order valence-corrected chi connectivity index (χ4v) is 2.53. The van der Waals surface area contributed by atoms with E-state index >= 15 is 0 Å². The van der Waals surface area contributed by atoms with Crippen LogP contribution in [0.2, 0.25) is 0 Å². The van der Waals surface area contributed by atoms with Gasteiger partial charge in [0.1, 0.15) is 5.75 Å². The maximum atomic E-state index is 5.23. The van der Waals surface area contributed by atoms with Crippen LogP contribution in [-0.4, -0.2) is 38.4 Å². The van der Waals surface area contributed by atoms with Gasteiger partial charge in [0, 0.05) is 17.5 Å². The average Bonchev–Trinajstić information content (AvgIpc) is 3.21. The molecule has 124 valence electrons. The first-order valence-corrected chi connectivity index (χ1v) is 8.02. The Morgan fingerprint density at radius 3 is 2.79 bits per heavy atom. The van der Waals surface area contributed by atoms with Gasteiger partial charge < -0.3 is 4.74 Å². The van der Waals surface area contributed by atoms with Gasteiger partial charge in [-0.2, -0.15) is 20.0 Å². The number of H-pyrrole nitrogens is 2. The molecule has 2 N–H and O–H groups in total. The molecule has 0 spiro atoms. The molecule has 0 aliphatic heterocycles. The van der Waals surface area contributed by atoms with E-state index in [-0.39, 0.29) is 0 Å². The van der Waals surface area contributed by atoms with Gasteiger partial charge in [0.15, 0.2) is 5.82 Å². The van der Waals surface area contributed by atoms with Crippen molar-refractivity contribution in [2.75, 3.05) is 7.11 Å². The number of nitrogens with zero attached hydrogens (tertiary/aromatic N) is 4. The quantitative estimate of drug-likeness (QED) is 0.532. The predicted octanol–water partition coefficient (Wildman–Crippen LogP) is 3.17. The van der Waals surface area contributed by atoms with E-state index in [1.165, 1.54) is 0 Å². The summed E-state index contributed by atoms with van der Waals surface area (Å²) in [5.41, 5.74) is 2.75. The topological polar surface area (TPSA) is 83.9 Å². The van der Waals surface area contributed by atoms with Crippen LogP contribution in [0.4, 0.5) is 0 Å². The van der Waals surface area contributed by atoms with Crippen LogP contribution in [-0.2, 0) is 6.42 Å².